The average molecular weight is 186 g/mol. The first kappa shape index (κ1) is 10.3. The molecule has 3 N–H and O–H groups in total. The van der Waals surface area contributed by atoms with Gasteiger partial charge in [0.2, 0.25) is 0 Å². The molecule has 0 heterocycles. The molecule has 1 fully saturated rings. The first-order valence-corrected chi connectivity index (χ1v) is 4.80. The van der Waals surface area contributed by atoms with E-state index >= 15 is 0 Å². The van der Waals surface area contributed by atoms with Crippen LogP contribution >= 0.6 is 0 Å². The van der Waals surface area contributed by atoms with Crippen LogP contribution < -0.4 is 5.73 Å². The zero-order chi connectivity index (χ0) is 9.68. The zero-order valence-corrected chi connectivity index (χ0v) is 8.07. The lowest BCUT2D eigenvalue weighted by atomic mass is 9.89. The van der Waals surface area contributed by atoms with Crippen molar-refractivity contribution in [2.75, 3.05) is 6.61 Å². The highest BCUT2D eigenvalue weighted by Gasteiger charge is 2.19. The fraction of sp³-hybridized carbons (Fsp3) is 0.889. The van der Waals surface area contributed by atoms with E-state index in [1.165, 1.54) is 12.8 Å². The van der Waals surface area contributed by atoms with Gasteiger partial charge < -0.3 is 15.7 Å². The minimum absolute atomic E-state index is 0.151. The van der Waals surface area contributed by atoms with Crippen LogP contribution in [0.1, 0.15) is 32.6 Å². The minimum Gasteiger partial charge on any atom is -0.409 e. The Hall–Kier alpha value is -0.770. The van der Waals surface area contributed by atoms with Crippen LogP contribution in [0.3, 0.4) is 0 Å². The lowest BCUT2D eigenvalue weighted by Crippen LogP contribution is -2.27. The number of hydrogen-bond donors (Lipinski definition) is 2. The van der Waals surface area contributed by atoms with Gasteiger partial charge in [-0.3, -0.25) is 0 Å². The Morgan fingerprint density at radius 2 is 2.38 bits per heavy atom. The van der Waals surface area contributed by atoms with E-state index in [1.807, 2.05) is 0 Å². The van der Waals surface area contributed by atoms with Gasteiger partial charge in [-0.05, 0) is 18.8 Å². The summed E-state index contributed by atoms with van der Waals surface area (Å²) < 4.78 is 5.49. The van der Waals surface area contributed by atoms with Crippen molar-refractivity contribution < 1.29 is 9.94 Å². The Balaban J connectivity index is 2.20. The maximum absolute atomic E-state index is 8.30. The summed E-state index contributed by atoms with van der Waals surface area (Å²) in [7, 11) is 0. The van der Waals surface area contributed by atoms with Crippen LogP contribution in [0, 0.1) is 5.92 Å². The van der Waals surface area contributed by atoms with Gasteiger partial charge in [-0.15, -0.1) is 0 Å². The second kappa shape index (κ2) is 5.07. The molecule has 2 atom stereocenters. The molecule has 1 rings (SSSR count). The lowest BCUT2D eigenvalue weighted by Gasteiger charge is -2.26. The van der Waals surface area contributed by atoms with Gasteiger partial charge in [0.25, 0.3) is 0 Å². The molecular weight excluding hydrogens is 168 g/mol. The van der Waals surface area contributed by atoms with E-state index in [4.69, 9.17) is 15.7 Å². The number of nitrogens with two attached hydrogens (primary N) is 1. The molecule has 1 saturated carbocycles. The largest absolute Gasteiger partial charge is 0.409 e. The summed E-state index contributed by atoms with van der Waals surface area (Å²) in [4.78, 5) is 0. The fourth-order valence-electron chi connectivity index (χ4n) is 1.76. The molecule has 0 bridgehead atoms. The van der Waals surface area contributed by atoms with E-state index in [9.17, 15) is 0 Å². The molecular formula is C9H18N2O2. The van der Waals surface area contributed by atoms with Crippen molar-refractivity contribution in [3.8, 4) is 0 Å². The summed E-state index contributed by atoms with van der Waals surface area (Å²) >= 11 is 0. The predicted molar refractivity (Wildman–Crippen MR) is 50.8 cm³/mol. The normalized spacial score (nSPS) is 30.4. The smallest absolute Gasteiger partial charge is 0.165 e. The van der Waals surface area contributed by atoms with Gasteiger partial charge in [-0.25, -0.2) is 0 Å². The maximum Gasteiger partial charge on any atom is 0.165 e. The topological polar surface area (TPSA) is 67.8 Å². The highest BCUT2D eigenvalue weighted by atomic mass is 16.5. The van der Waals surface area contributed by atoms with Crippen LogP contribution in [0.15, 0.2) is 5.16 Å². The number of amidine groups is 1. The number of oxime groups is 1. The van der Waals surface area contributed by atoms with Gasteiger partial charge in [0.15, 0.2) is 5.84 Å². The van der Waals surface area contributed by atoms with Gasteiger partial charge in [-0.2, -0.15) is 0 Å². The Morgan fingerprint density at radius 1 is 1.62 bits per heavy atom. The molecule has 4 heteroatoms. The monoisotopic (exact) mass is 186 g/mol. The third-order valence-corrected chi connectivity index (χ3v) is 2.48. The Bertz CT molecular complexity index is 182. The molecule has 0 radical (unpaired) electrons. The molecule has 0 aromatic carbocycles. The summed E-state index contributed by atoms with van der Waals surface area (Å²) in [6.07, 6.45) is 5.01. The van der Waals surface area contributed by atoms with E-state index in [0.29, 0.717) is 6.10 Å². The van der Waals surface area contributed by atoms with E-state index in [-0.39, 0.29) is 12.4 Å². The summed E-state index contributed by atoms with van der Waals surface area (Å²) in [6, 6.07) is 0. The highest BCUT2D eigenvalue weighted by Crippen LogP contribution is 2.25. The molecule has 0 aromatic rings. The first-order valence-electron chi connectivity index (χ1n) is 4.80. The quantitative estimate of drug-likeness (QED) is 0.302. The van der Waals surface area contributed by atoms with Gasteiger partial charge in [-0.1, -0.05) is 24.9 Å². The number of hydrogen-bond acceptors (Lipinski definition) is 3. The molecule has 0 spiro atoms. The van der Waals surface area contributed by atoms with Gasteiger partial charge in [0.05, 0.1) is 6.10 Å². The molecule has 0 aliphatic heterocycles. The summed E-state index contributed by atoms with van der Waals surface area (Å²) in [5.41, 5.74) is 5.30. The predicted octanol–water partition coefficient (Wildman–Crippen LogP) is 1.33. The number of ether oxygens (including phenoxy) is 1. The van der Waals surface area contributed by atoms with Crippen LogP contribution in [-0.4, -0.2) is 23.8 Å². The molecule has 2 unspecified atom stereocenters. The summed E-state index contributed by atoms with van der Waals surface area (Å²) in [6.45, 7) is 2.48. The Morgan fingerprint density at radius 3 is 3.00 bits per heavy atom. The molecule has 0 amide bonds. The van der Waals surface area contributed by atoms with Crippen LogP contribution in [0.2, 0.25) is 0 Å². The van der Waals surface area contributed by atoms with Crippen molar-refractivity contribution in [2.45, 2.75) is 38.7 Å². The fourth-order valence-corrected chi connectivity index (χ4v) is 1.76. The van der Waals surface area contributed by atoms with E-state index in [2.05, 4.69) is 12.1 Å². The van der Waals surface area contributed by atoms with Crippen LogP contribution in [0.5, 0.6) is 0 Å². The lowest BCUT2D eigenvalue weighted by molar-refractivity contribution is 0.0366. The van der Waals surface area contributed by atoms with Crippen molar-refractivity contribution >= 4 is 5.84 Å². The highest BCUT2D eigenvalue weighted by molar-refractivity contribution is 5.80. The molecule has 13 heavy (non-hydrogen) atoms. The third kappa shape index (κ3) is 3.63. The molecule has 1 aliphatic rings. The Kier molecular flexibility index (Phi) is 4.02. The third-order valence-electron chi connectivity index (χ3n) is 2.48. The molecule has 76 valence electrons. The summed E-state index contributed by atoms with van der Waals surface area (Å²) in [5.74, 6) is 0.893. The molecule has 4 nitrogen and oxygen atoms in total. The average Bonchev–Trinajstić information content (AvgIpc) is 2.14. The van der Waals surface area contributed by atoms with Crippen LogP contribution in [-0.2, 0) is 4.74 Å². The zero-order valence-electron chi connectivity index (χ0n) is 8.07. The SMILES string of the molecule is CC1CCCC(OC/C(N)=N/O)C1. The van der Waals surface area contributed by atoms with Gasteiger partial charge in [0, 0.05) is 0 Å². The number of rotatable bonds is 3. The van der Waals surface area contributed by atoms with Gasteiger partial charge >= 0.3 is 0 Å². The van der Waals surface area contributed by atoms with Crippen molar-refractivity contribution in [1.82, 2.24) is 0 Å². The van der Waals surface area contributed by atoms with E-state index in [1.54, 1.807) is 0 Å². The Labute approximate surface area is 78.7 Å². The van der Waals surface area contributed by atoms with Crippen molar-refractivity contribution in [3.05, 3.63) is 0 Å². The van der Waals surface area contributed by atoms with Crippen LogP contribution in [0.4, 0.5) is 0 Å². The second-order valence-electron chi connectivity index (χ2n) is 3.80. The number of nitrogens with zero attached hydrogens (tertiary/aromatic N) is 1. The van der Waals surface area contributed by atoms with Gasteiger partial charge in [0.1, 0.15) is 6.61 Å². The maximum atomic E-state index is 8.30. The summed E-state index contributed by atoms with van der Waals surface area (Å²) in [5, 5.41) is 11.2. The van der Waals surface area contributed by atoms with E-state index in [0.717, 1.165) is 18.8 Å². The minimum atomic E-state index is 0.151. The first-order chi connectivity index (χ1) is 6.22. The molecule has 0 aromatic heterocycles. The van der Waals surface area contributed by atoms with Crippen molar-refractivity contribution in [2.24, 2.45) is 16.8 Å². The van der Waals surface area contributed by atoms with Crippen molar-refractivity contribution in [1.29, 1.82) is 0 Å². The second-order valence-corrected chi connectivity index (χ2v) is 3.80. The molecule has 1 aliphatic carbocycles. The standard InChI is InChI=1S/C9H18N2O2/c1-7-3-2-4-8(5-7)13-6-9(10)11-12/h7-8,12H,2-6H2,1H3,(H2,10,11). The molecule has 0 saturated heterocycles. The van der Waals surface area contributed by atoms with Crippen LogP contribution in [0.25, 0.3) is 0 Å². The van der Waals surface area contributed by atoms with Crippen molar-refractivity contribution in [3.63, 3.8) is 0 Å². The van der Waals surface area contributed by atoms with E-state index < -0.39 is 0 Å².